The number of furan rings is 1. The first-order valence-corrected chi connectivity index (χ1v) is 11.0. The number of nitrogens with one attached hydrogen (secondary N) is 1. The molecule has 0 bridgehead atoms. The number of anilines is 1. The zero-order valence-corrected chi connectivity index (χ0v) is 17.9. The minimum absolute atomic E-state index is 0.180. The normalized spacial score (nSPS) is 15.8. The highest BCUT2D eigenvalue weighted by atomic mass is 16.5. The SMILES string of the molecule is O=C(NCC1CCN(c2ccccc2)C1)c1ccc(COc2ccc3ccccc3c2)o1. The lowest BCUT2D eigenvalue weighted by Gasteiger charge is -2.18. The van der Waals surface area contributed by atoms with E-state index in [1.54, 1.807) is 12.1 Å². The summed E-state index contributed by atoms with van der Waals surface area (Å²) in [5, 5.41) is 5.32. The Morgan fingerprint density at radius 3 is 2.66 bits per heavy atom. The number of fused-ring (bicyclic) bond motifs is 1. The third-order valence-corrected chi connectivity index (χ3v) is 5.95. The van der Waals surface area contributed by atoms with Crippen molar-refractivity contribution in [2.24, 2.45) is 5.92 Å². The van der Waals surface area contributed by atoms with Crippen LogP contribution in [0.2, 0.25) is 0 Å². The zero-order chi connectivity index (χ0) is 21.8. The number of para-hydroxylation sites is 1. The predicted molar refractivity (Wildman–Crippen MR) is 126 cm³/mol. The molecule has 1 atom stereocenters. The maximum Gasteiger partial charge on any atom is 0.287 e. The van der Waals surface area contributed by atoms with E-state index in [-0.39, 0.29) is 12.5 Å². The van der Waals surface area contributed by atoms with Crippen molar-refractivity contribution in [1.82, 2.24) is 5.32 Å². The molecular formula is C27H26N2O3. The Morgan fingerprint density at radius 2 is 1.78 bits per heavy atom. The van der Waals surface area contributed by atoms with E-state index in [1.807, 2.05) is 36.4 Å². The van der Waals surface area contributed by atoms with Crippen LogP contribution in [0.1, 0.15) is 22.7 Å². The van der Waals surface area contributed by atoms with Gasteiger partial charge in [0.1, 0.15) is 18.1 Å². The number of benzene rings is 3. The van der Waals surface area contributed by atoms with Crippen molar-refractivity contribution >= 4 is 22.4 Å². The van der Waals surface area contributed by atoms with Gasteiger partial charge in [0.05, 0.1) is 0 Å². The van der Waals surface area contributed by atoms with Gasteiger partial charge in [-0.05, 0) is 59.5 Å². The van der Waals surface area contributed by atoms with Gasteiger partial charge >= 0.3 is 0 Å². The van der Waals surface area contributed by atoms with Crippen LogP contribution < -0.4 is 15.0 Å². The molecule has 5 nitrogen and oxygen atoms in total. The molecule has 1 aliphatic rings. The van der Waals surface area contributed by atoms with Gasteiger partial charge in [-0.1, -0.05) is 48.5 Å². The molecule has 0 spiro atoms. The third kappa shape index (κ3) is 4.62. The van der Waals surface area contributed by atoms with Crippen molar-refractivity contribution < 1.29 is 13.9 Å². The number of ether oxygens (including phenoxy) is 1. The number of hydrogen-bond donors (Lipinski definition) is 1. The standard InChI is InChI=1S/C27H26N2O3/c30-27(28-17-20-14-15-29(18-20)23-8-2-1-3-9-23)26-13-12-25(32-26)19-31-24-11-10-21-6-4-5-7-22(21)16-24/h1-13,16,20H,14-15,17-19H2,(H,28,30). The summed E-state index contributed by atoms with van der Waals surface area (Å²) < 4.78 is 11.6. The molecule has 3 aromatic carbocycles. The summed E-state index contributed by atoms with van der Waals surface area (Å²) in [6, 6.07) is 28.0. The highest BCUT2D eigenvalue weighted by Gasteiger charge is 2.23. The summed E-state index contributed by atoms with van der Waals surface area (Å²) >= 11 is 0. The van der Waals surface area contributed by atoms with Gasteiger partial charge in [-0.25, -0.2) is 0 Å². The van der Waals surface area contributed by atoms with Gasteiger partial charge in [-0.15, -0.1) is 0 Å². The van der Waals surface area contributed by atoms with Gasteiger partial charge in [-0.2, -0.15) is 0 Å². The van der Waals surface area contributed by atoms with Crippen molar-refractivity contribution in [3.05, 3.63) is 96.4 Å². The van der Waals surface area contributed by atoms with Crippen LogP contribution in [-0.2, 0) is 6.61 Å². The molecule has 5 rings (SSSR count). The molecule has 4 aromatic rings. The fourth-order valence-electron chi connectivity index (χ4n) is 4.19. The lowest BCUT2D eigenvalue weighted by atomic mass is 10.1. The molecular weight excluding hydrogens is 400 g/mol. The summed E-state index contributed by atoms with van der Waals surface area (Å²) in [6.07, 6.45) is 1.07. The largest absolute Gasteiger partial charge is 0.486 e. The zero-order valence-electron chi connectivity index (χ0n) is 17.9. The molecule has 1 saturated heterocycles. The maximum atomic E-state index is 12.5. The molecule has 162 valence electrons. The van der Waals surface area contributed by atoms with Crippen molar-refractivity contribution in [2.45, 2.75) is 13.0 Å². The third-order valence-electron chi connectivity index (χ3n) is 5.95. The number of carbonyl (C=O) groups excluding carboxylic acids is 1. The van der Waals surface area contributed by atoms with E-state index in [0.717, 1.165) is 30.6 Å². The van der Waals surface area contributed by atoms with E-state index in [2.05, 4.69) is 46.6 Å². The summed E-state index contributed by atoms with van der Waals surface area (Å²) in [4.78, 5) is 14.9. The molecule has 1 N–H and O–H groups in total. The highest BCUT2D eigenvalue weighted by Crippen LogP contribution is 2.24. The fourth-order valence-corrected chi connectivity index (χ4v) is 4.19. The number of carbonyl (C=O) groups is 1. The van der Waals surface area contributed by atoms with Crippen LogP contribution in [0.4, 0.5) is 5.69 Å². The van der Waals surface area contributed by atoms with Crippen LogP contribution >= 0.6 is 0 Å². The molecule has 2 heterocycles. The van der Waals surface area contributed by atoms with Crippen molar-refractivity contribution in [3.63, 3.8) is 0 Å². The van der Waals surface area contributed by atoms with Crippen LogP contribution in [0.3, 0.4) is 0 Å². The lowest BCUT2D eigenvalue weighted by Crippen LogP contribution is -2.30. The average molecular weight is 427 g/mol. The molecule has 1 amide bonds. The smallest absolute Gasteiger partial charge is 0.287 e. The number of hydrogen-bond acceptors (Lipinski definition) is 4. The second-order valence-corrected chi connectivity index (χ2v) is 8.21. The molecule has 0 aliphatic carbocycles. The topological polar surface area (TPSA) is 54.7 Å². The molecule has 0 saturated carbocycles. The van der Waals surface area contributed by atoms with Gasteiger partial charge in [0.2, 0.25) is 0 Å². The average Bonchev–Trinajstić information content (AvgIpc) is 3.52. The molecule has 1 aromatic heterocycles. The maximum absolute atomic E-state index is 12.5. The van der Waals surface area contributed by atoms with Gasteiger partial charge in [-0.3, -0.25) is 4.79 Å². The molecule has 1 fully saturated rings. The summed E-state index contributed by atoms with van der Waals surface area (Å²) in [7, 11) is 0. The van der Waals surface area contributed by atoms with E-state index >= 15 is 0 Å². The van der Waals surface area contributed by atoms with E-state index in [1.165, 1.54) is 11.1 Å². The van der Waals surface area contributed by atoms with E-state index in [0.29, 0.717) is 24.0 Å². The quantitative estimate of drug-likeness (QED) is 0.438. The van der Waals surface area contributed by atoms with Gasteiger partial charge in [0.15, 0.2) is 5.76 Å². The van der Waals surface area contributed by atoms with Crippen LogP contribution in [0.25, 0.3) is 10.8 Å². The Kier molecular flexibility index (Phi) is 5.79. The molecule has 5 heteroatoms. The van der Waals surface area contributed by atoms with Crippen molar-refractivity contribution in [2.75, 3.05) is 24.5 Å². The van der Waals surface area contributed by atoms with E-state index in [4.69, 9.17) is 9.15 Å². The first-order chi connectivity index (χ1) is 15.7. The Balaban J connectivity index is 1.11. The second-order valence-electron chi connectivity index (χ2n) is 8.21. The van der Waals surface area contributed by atoms with Crippen LogP contribution in [-0.4, -0.2) is 25.5 Å². The molecule has 32 heavy (non-hydrogen) atoms. The lowest BCUT2D eigenvalue weighted by molar-refractivity contribution is 0.0916. The Bertz CT molecular complexity index is 1200. The summed E-state index contributed by atoms with van der Waals surface area (Å²) in [5.41, 5.74) is 1.24. The molecule has 0 radical (unpaired) electrons. The Hall–Kier alpha value is -3.73. The van der Waals surface area contributed by atoms with Gasteiger partial charge < -0.3 is 19.4 Å². The minimum Gasteiger partial charge on any atom is -0.486 e. The monoisotopic (exact) mass is 426 g/mol. The number of rotatable bonds is 7. The fraction of sp³-hybridized carbons (Fsp3) is 0.222. The Morgan fingerprint density at radius 1 is 0.969 bits per heavy atom. The minimum atomic E-state index is -0.180. The Labute approximate surface area is 187 Å². The predicted octanol–water partition coefficient (Wildman–Crippen LogP) is 5.27. The second kappa shape index (κ2) is 9.18. The van der Waals surface area contributed by atoms with E-state index in [9.17, 15) is 4.79 Å². The van der Waals surface area contributed by atoms with Crippen molar-refractivity contribution in [3.8, 4) is 5.75 Å². The number of nitrogens with zero attached hydrogens (tertiary/aromatic N) is 1. The van der Waals surface area contributed by atoms with Crippen LogP contribution in [0.5, 0.6) is 5.75 Å². The van der Waals surface area contributed by atoms with Crippen molar-refractivity contribution in [1.29, 1.82) is 0 Å². The molecule has 1 unspecified atom stereocenters. The highest BCUT2D eigenvalue weighted by molar-refractivity contribution is 5.91. The van der Waals surface area contributed by atoms with Crippen LogP contribution in [0, 0.1) is 5.92 Å². The summed E-state index contributed by atoms with van der Waals surface area (Å²) in [5.74, 6) is 1.97. The summed E-state index contributed by atoms with van der Waals surface area (Å²) in [6.45, 7) is 2.89. The van der Waals surface area contributed by atoms with Gasteiger partial charge in [0.25, 0.3) is 5.91 Å². The van der Waals surface area contributed by atoms with E-state index < -0.39 is 0 Å². The van der Waals surface area contributed by atoms with Crippen LogP contribution in [0.15, 0.2) is 89.3 Å². The molecule has 1 aliphatic heterocycles. The number of amides is 1. The first-order valence-electron chi connectivity index (χ1n) is 11.0. The first kappa shape index (κ1) is 20.2. The van der Waals surface area contributed by atoms with Gasteiger partial charge in [0, 0.05) is 25.3 Å².